The lowest BCUT2D eigenvalue weighted by Crippen LogP contribution is -2.41. The lowest BCUT2D eigenvalue weighted by molar-refractivity contribution is 0.367. The average Bonchev–Trinajstić information content (AvgIpc) is 1.62. The summed E-state index contributed by atoms with van der Waals surface area (Å²) < 4.78 is 0. The summed E-state index contributed by atoms with van der Waals surface area (Å²) in [5.74, 6) is 0. The highest BCUT2D eigenvalue weighted by molar-refractivity contribution is 4.73. The van der Waals surface area contributed by atoms with E-state index in [4.69, 9.17) is 0 Å². The molecule has 0 saturated heterocycles. The second kappa shape index (κ2) is 3.21. The Bertz CT molecular complexity index is 71.1. The van der Waals surface area contributed by atoms with Gasteiger partial charge in [-0.25, -0.2) is 0 Å². The molecule has 0 fully saturated rings. The number of hydrogen-bond acceptors (Lipinski definition) is 1. The normalized spacial score (nSPS) is 15.7. The van der Waals surface area contributed by atoms with Crippen LogP contribution in [0.1, 0.15) is 41.0 Å². The van der Waals surface area contributed by atoms with Gasteiger partial charge in [0.25, 0.3) is 0 Å². The van der Waals surface area contributed by atoms with Gasteiger partial charge in [0.05, 0.1) is 0 Å². The third-order valence-corrected chi connectivity index (χ3v) is 1.29. The van der Waals surface area contributed by atoms with E-state index < -0.39 is 0 Å². The number of rotatable bonds is 2. The minimum atomic E-state index is 0.273. The summed E-state index contributed by atoms with van der Waals surface area (Å²) in [7, 11) is 0. The molecule has 0 unspecified atom stereocenters. The van der Waals surface area contributed by atoms with Gasteiger partial charge in [0.2, 0.25) is 0 Å². The smallest absolute Gasteiger partial charge is 0.00989 e. The van der Waals surface area contributed by atoms with E-state index in [1.165, 1.54) is 6.42 Å². The topological polar surface area (TPSA) is 12.0 Å². The summed E-state index contributed by atoms with van der Waals surface area (Å²) >= 11 is 0. The zero-order valence-electron chi connectivity index (χ0n) is 7.28. The number of nitrogens with one attached hydrogen (secondary N) is 1. The second-order valence-corrected chi connectivity index (χ2v) is 3.70. The maximum atomic E-state index is 3.47. The van der Waals surface area contributed by atoms with Crippen LogP contribution in [-0.2, 0) is 0 Å². The third-order valence-electron chi connectivity index (χ3n) is 1.29. The van der Waals surface area contributed by atoms with Crippen molar-refractivity contribution in [2.24, 2.45) is 0 Å². The minimum Gasteiger partial charge on any atom is -0.310 e. The van der Waals surface area contributed by atoms with E-state index in [0.29, 0.717) is 6.04 Å². The van der Waals surface area contributed by atoms with Crippen LogP contribution in [0.15, 0.2) is 0 Å². The Labute approximate surface area is 58.8 Å². The molecule has 0 aromatic heterocycles. The highest BCUT2D eigenvalue weighted by Gasteiger charge is 2.10. The Morgan fingerprint density at radius 3 is 1.89 bits per heavy atom. The molecular formula is C8H19N. The molecule has 0 aromatic carbocycles. The first-order valence-electron chi connectivity index (χ1n) is 3.73. The van der Waals surface area contributed by atoms with Gasteiger partial charge in [-0.3, -0.25) is 0 Å². The molecule has 0 rings (SSSR count). The Morgan fingerprint density at radius 1 is 1.33 bits per heavy atom. The van der Waals surface area contributed by atoms with Gasteiger partial charge < -0.3 is 5.32 Å². The summed E-state index contributed by atoms with van der Waals surface area (Å²) in [6.45, 7) is 11.0. The molecule has 0 bridgehead atoms. The van der Waals surface area contributed by atoms with Crippen LogP contribution < -0.4 is 5.32 Å². The first-order valence-corrected chi connectivity index (χ1v) is 3.73. The molecule has 0 aliphatic carbocycles. The van der Waals surface area contributed by atoms with Crippen LogP contribution in [0.25, 0.3) is 0 Å². The van der Waals surface area contributed by atoms with E-state index in [2.05, 4.69) is 39.9 Å². The summed E-state index contributed by atoms with van der Waals surface area (Å²) in [6.07, 6.45) is 1.21. The highest BCUT2D eigenvalue weighted by atomic mass is 15.0. The van der Waals surface area contributed by atoms with E-state index in [1.54, 1.807) is 0 Å². The summed E-state index contributed by atoms with van der Waals surface area (Å²) in [4.78, 5) is 0. The van der Waals surface area contributed by atoms with Gasteiger partial charge in [-0.15, -0.1) is 0 Å². The molecule has 9 heavy (non-hydrogen) atoms. The first kappa shape index (κ1) is 8.96. The molecule has 1 N–H and O–H groups in total. The van der Waals surface area contributed by atoms with E-state index in [-0.39, 0.29) is 5.54 Å². The van der Waals surface area contributed by atoms with Crippen LogP contribution in [0.5, 0.6) is 0 Å². The Hall–Kier alpha value is -0.0400. The highest BCUT2D eigenvalue weighted by Crippen LogP contribution is 2.02. The van der Waals surface area contributed by atoms with Crippen molar-refractivity contribution in [1.29, 1.82) is 0 Å². The van der Waals surface area contributed by atoms with Crippen molar-refractivity contribution in [2.45, 2.75) is 52.6 Å². The fourth-order valence-corrected chi connectivity index (χ4v) is 0.841. The van der Waals surface area contributed by atoms with Crippen LogP contribution in [-0.4, -0.2) is 11.6 Å². The van der Waals surface area contributed by atoms with Crippen molar-refractivity contribution in [3.8, 4) is 0 Å². The van der Waals surface area contributed by atoms with Gasteiger partial charge in [0.1, 0.15) is 0 Å². The fourth-order valence-electron chi connectivity index (χ4n) is 0.841. The second-order valence-electron chi connectivity index (χ2n) is 3.70. The molecule has 0 aliphatic rings. The maximum Gasteiger partial charge on any atom is 0.00989 e. The van der Waals surface area contributed by atoms with Crippen molar-refractivity contribution in [1.82, 2.24) is 5.32 Å². The van der Waals surface area contributed by atoms with Crippen LogP contribution >= 0.6 is 0 Å². The van der Waals surface area contributed by atoms with Gasteiger partial charge in [-0.2, -0.15) is 0 Å². The zero-order chi connectivity index (χ0) is 7.49. The monoisotopic (exact) mass is 129 g/mol. The van der Waals surface area contributed by atoms with Gasteiger partial charge in [0, 0.05) is 11.6 Å². The SMILES string of the molecule is CC[C@H](C)NC(C)(C)C. The largest absolute Gasteiger partial charge is 0.310 e. The Balaban J connectivity index is 3.47. The molecule has 56 valence electrons. The maximum absolute atomic E-state index is 3.47. The molecule has 1 heteroatoms. The predicted molar refractivity (Wildman–Crippen MR) is 42.6 cm³/mol. The predicted octanol–water partition coefficient (Wildman–Crippen LogP) is 2.17. The van der Waals surface area contributed by atoms with E-state index >= 15 is 0 Å². The average molecular weight is 129 g/mol. The lowest BCUT2D eigenvalue weighted by Gasteiger charge is -2.25. The minimum absolute atomic E-state index is 0.273. The van der Waals surface area contributed by atoms with E-state index in [1.807, 2.05) is 0 Å². The quantitative estimate of drug-likeness (QED) is 0.602. The molecule has 1 atom stereocenters. The standard InChI is InChI=1S/C8H19N/c1-6-7(2)9-8(3,4)5/h7,9H,6H2,1-5H3/t7-/m0/s1. The van der Waals surface area contributed by atoms with Crippen molar-refractivity contribution >= 4 is 0 Å². The molecule has 0 radical (unpaired) electrons. The van der Waals surface area contributed by atoms with E-state index in [9.17, 15) is 0 Å². The Kier molecular flexibility index (Phi) is 3.20. The van der Waals surface area contributed by atoms with Crippen molar-refractivity contribution in [3.63, 3.8) is 0 Å². The molecule has 0 heterocycles. The first-order chi connectivity index (χ1) is 3.95. The summed E-state index contributed by atoms with van der Waals surface area (Å²) in [6, 6.07) is 0.644. The number of hydrogen-bond donors (Lipinski definition) is 1. The zero-order valence-corrected chi connectivity index (χ0v) is 7.28. The molecule has 1 nitrogen and oxygen atoms in total. The molecule has 0 aliphatic heterocycles. The summed E-state index contributed by atoms with van der Waals surface area (Å²) in [5, 5.41) is 3.47. The molecule has 0 saturated carbocycles. The van der Waals surface area contributed by atoms with Gasteiger partial charge in [-0.1, -0.05) is 6.92 Å². The van der Waals surface area contributed by atoms with Crippen LogP contribution in [0.2, 0.25) is 0 Å². The summed E-state index contributed by atoms with van der Waals surface area (Å²) in [5.41, 5.74) is 0.273. The molecule has 0 spiro atoms. The molecule has 0 amide bonds. The van der Waals surface area contributed by atoms with Crippen molar-refractivity contribution in [2.75, 3.05) is 0 Å². The molecule has 0 aromatic rings. The van der Waals surface area contributed by atoms with Crippen LogP contribution in [0.4, 0.5) is 0 Å². The van der Waals surface area contributed by atoms with Crippen LogP contribution in [0.3, 0.4) is 0 Å². The van der Waals surface area contributed by atoms with Crippen LogP contribution in [0, 0.1) is 0 Å². The van der Waals surface area contributed by atoms with Gasteiger partial charge >= 0.3 is 0 Å². The molecular weight excluding hydrogens is 110 g/mol. The Morgan fingerprint density at radius 2 is 1.78 bits per heavy atom. The van der Waals surface area contributed by atoms with E-state index in [0.717, 1.165) is 0 Å². The van der Waals surface area contributed by atoms with Crippen molar-refractivity contribution < 1.29 is 0 Å². The van der Waals surface area contributed by atoms with Gasteiger partial charge in [0.15, 0.2) is 0 Å². The lowest BCUT2D eigenvalue weighted by atomic mass is 10.1. The van der Waals surface area contributed by atoms with Gasteiger partial charge in [-0.05, 0) is 34.1 Å². The third kappa shape index (κ3) is 5.84. The fraction of sp³-hybridized carbons (Fsp3) is 1.00. The van der Waals surface area contributed by atoms with Crippen molar-refractivity contribution in [3.05, 3.63) is 0 Å².